The van der Waals surface area contributed by atoms with Crippen LogP contribution in [-0.4, -0.2) is 23.4 Å². The Morgan fingerprint density at radius 1 is 0.929 bits per heavy atom. The number of anilines is 2. The summed E-state index contributed by atoms with van der Waals surface area (Å²) in [6.45, 7) is 0.754. The fourth-order valence-corrected chi connectivity index (χ4v) is 4.15. The zero-order valence-corrected chi connectivity index (χ0v) is 16.1. The molecule has 1 atom stereocenters. The summed E-state index contributed by atoms with van der Waals surface area (Å²) in [4.78, 5) is 26.9. The second kappa shape index (κ2) is 8.27. The van der Waals surface area contributed by atoms with Gasteiger partial charge in [0.25, 0.3) is 5.91 Å². The Kier molecular flexibility index (Phi) is 5.39. The number of para-hydroxylation sites is 1. The third-order valence-electron chi connectivity index (χ3n) is 4.87. The van der Waals surface area contributed by atoms with E-state index in [0.29, 0.717) is 11.3 Å². The molecule has 4 rings (SSSR count). The van der Waals surface area contributed by atoms with Crippen LogP contribution in [0.15, 0.2) is 71.4 Å². The second-order valence-electron chi connectivity index (χ2n) is 6.74. The number of urea groups is 1. The quantitative estimate of drug-likeness (QED) is 0.628. The summed E-state index contributed by atoms with van der Waals surface area (Å²) in [7, 11) is 0. The first-order valence-electron chi connectivity index (χ1n) is 9.27. The predicted octanol–water partition coefficient (Wildman–Crippen LogP) is 5.37. The molecule has 1 saturated heterocycles. The fourth-order valence-electron chi connectivity index (χ4n) is 3.45. The van der Waals surface area contributed by atoms with Gasteiger partial charge in [-0.25, -0.2) is 4.79 Å². The molecular formula is C22H21N3O2S. The molecule has 2 aromatic carbocycles. The van der Waals surface area contributed by atoms with Crippen LogP contribution in [0.5, 0.6) is 0 Å². The van der Waals surface area contributed by atoms with Crippen molar-refractivity contribution in [1.82, 2.24) is 4.90 Å². The van der Waals surface area contributed by atoms with Gasteiger partial charge < -0.3 is 15.5 Å². The molecule has 142 valence electrons. The molecule has 0 saturated carbocycles. The van der Waals surface area contributed by atoms with E-state index in [-0.39, 0.29) is 18.0 Å². The lowest BCUT2D eigenvalue weighted by Gasteiger charge is -2.24. The highest BCUT2D eigenvalue weighted by Crippen LogP contribution is 2.33. The number of carbonyl (C=O) groups is 2. The van der Waals surface area contributed by atoms with Gasteiger partial charge in [-0.3, -0.25) is 4.79 Å². The van der Waals surface area contributed by atoms with Crippen molar-refractivity contribution in [3.8, 4) is 0 Å². The van der Waals surface area contributed by atoms with Crippen molar-refractivity contribution in [2.45, 2.75) is 18.9 Å². The Morgan fingerprint density at radius 2 is 1.68 bits per heavy atom. The average Bonchev–Trinajstić information content (AvgIpc) is 3.41. The number of likely N-dealkylation sites (tertiary alicyclic amines) is 1. The predicted molar refractivity (Wildman–Crippen MR) is 113 cm³/mol. The lowest BCUT2D eigenvalue weighted by molar-refractivity contribution is 0.102. The fraction of sp³-hybridized carbons (Fsp3) is 0.182. The van der Waals surface area contributed by atoms with Gasteiger partial charge in [-0.15, -0.1) is 0 Å². The number of thiophene rings is 1. The molecule has 2 N–H and O–H groups in total. The van der Waals surface area contributed by atoms with Crippen molar-refractivity contribution in [2.24, 2.45) is 0 Å². The van der Waals surface area contributed by atoms with Gasteiger partial charge in [0.1, 0.15) is 0 Å². The van der Waals surface area contributed by atoms with Crippen molar-refractivity contribution in [2.75, 3.05) is 17.2 Å². The minimum absolute atomic E-state index is 0.102. The van der Waals surface area contributed by atoms with Crippen LogP contribution < -0.4 is 10.6 Å². The molecule has 1 aliphatic rings. The largest absolute Gasteiger partial charge is 0.322 e. The molecule has 0 spiro atoms. The van der Waals surface area contributed by atoms with Crippen LogP contribution in [0.2, 0.25) is 0 Å². The van der Waals surface area contributed by atoms with Gasteiger partial charge in [0, 0.05) is 23.5 Å². The second-order valence-corrected chi connectivity index (χ2v) is 7.52. The molecule has 1 aromatic heterocycles. The summed E-state index contributed by atoms with van der Waals surface area (Å²) in [5.41, 5.74) is 3.17. The van der Waals surface area contributed by atoms with Crippen molar-refractivity contribution >= 4 is 34.6 Å². The van der Waals surface area contributed by atoms with Gasteiger partial charge in [0.05, 0.1) is 6.04 Å². The first-order chi connectivity index (χ1) is 13.7. The summed E-state index contributed by atoms with van der Waals surface area (Å²) in [6.07, 6.45) is 2.00. The van der Waals surface area contributed by atoms with Crippen LogP contribution in [0.3, 0.4) is 0 Å². The maximum absolute atomic E-state index is 12.7. The number of benzene rings is 2. The zero-order valence-electron chi connectivity index (χ0n) is 15.3. The highest BCUT2D eigenvalue weighted by Gasteiger charge is 2.30. The Bertz CT molecular complexity index is 940. The van der Waals surface area contributed by atoms with Gasteiger partial charge in [-0.2, -0.15) is 11.3 Å². The van der Waals surface area contributed by atoms with Gasteiger partial charge in [-0.1, -0.05) is 18.2 Å². The van der Waals surface area contributed by atoms with Crippen molar-refractivity contribution in [3.05, 3.63) is 82.6 Å². The summed E-state index contributed by atoms with van der Waals surface area (Å²) >= 11 is 1.65. The number of hydrogen-bond donors (Lipinski definition) is 2. The van der Waals surface area contributed by atoms with Crippen LogP contribution in [0.1, 0.15) is 34.8 Å². The molecule has 1 aliphatic heterocycles. The molecule has 28 heavy (non-hydrogen) atoms. The first kappa shape index (κ1) is 18.3. The molecule has 0 unspecified atom stereocenters. The van der Waals surface area contributed by atoms with E-state index in [4.69, 9.17) is 0 Å². The Balaban J connectivity index is 1.39. The highest BCUT2D eigenvalue weighted by molar-refractivity contribution is 7.08. The molecule has 0 radical (unpaired) electrons. The summed E-state index contributed by atoms with van der Waals surface area (Å²) in [5, 5.41) is 9.95. The molecule has 5 nitrogen and oxygen atoms in total. The number of carbonyl (C=O) groups excluding carboxylic acids is 2. The maximum Gasteiger partial charge on any atom is 0.322 e. The van der Waals surface area contributed by atoms with Crippen molar-refractivity contribution in [1.29, 1.82) is 0 Å². The monoisotopic (exact) mass is 391 g/mol. The smallest absolute Gasteiger partial charge is 0.322 e. The van der Waals surface area contributed by atoms with E-state index in [1.165, 1.54) is 5.56 Å². The first-order valence-corrected chi connectivity index (χ1v) is 10.2. The molecule has 1 fully saturated rings. The summed E-state index contributed by atoms with van der Waals surface area (Å²) in [6, 6.07) is 18.4. The van der Waals surface area contributed by atoms with Crippen LogP contribution in [0.25, 0.3) is 0 Å². The zero-order chi connectivity index (χ0) is 19.3. The molecular weight excluding hydrogens is 370 g/mol. The molecule has 6 heteroatoms. The van der Waals surface area contributed by atoms with E-state index in [1.54, 1.807) is 35.6 Å². The highest BCUT2D eigenvalue weighted by atomic mass is 32.1. The number of nitrogens with one attached hydrogen (secondary N) is 2. The number of nitrogens with zero attached hydrogens (tertiary/aromatic N) is 1. The van der Waals surface area contributed by atoms with E-state index in [9.17, 15) is 9.59 Å². The maximum atomic E-state index is 12.7. The Hall–Kier alpha value is -3.12. The number of amides is 3. The standard InChI is InChI=1S/C22H21N3O2S/c26-21(23-18-5-2-1-3-6-18)16-8-10-19(11-9-16)24-22(27)25-13-4-7-20(25)17-12-14-28-15-17/h1-3,5-6,8-12,14-15,20H,4,7,13H2,(H,23,26)(H,24,27)/t20-/m0/s1. The van der Waals surface area contributed by atoms with Crippen LogP contribution in [-0.2, 0) is 0 Å². The Labute approximate surface area is 168 Å². The van der Waals surface area contributed by atoms with Gasteiger partial charge >= 0.3 is 6.03 Å². The number of hydrogen-bond acceptors (Lipinski definition) is 3. The van der Waals surface area contributed by atoms with E-state index in [2.05, 4.69) is 22.1 Å². The molecule has 0 aliphatic carbocycles. The van der Waals surface area contributed by atoms with E-state index in [1.807, 2.05) is 40.6 Å². The lowest BCUT2D eigenvalue weighted by atomic mass is 10.1. The number of rotatable bonds is 4. The van der Waals surface area contributed by atoms with Crippen molar-refractivity contribution in [3.63, 3.8) is 0 Å². The van der Waals surface area contributed by atoms with Gasteiger partial charge in [0.15, 0.2) is 0 Å². The molecule has 3 aromatic rings. The third kappa shape index (κ3) is 4.07. The molecule has 0 bridgehead atoms. The average molecular weight is 391 g/mol. The molecule has 2 heterocycles. The van der Waals surface area contributed by atoms with E-state index < -0.39 is 0 Å². The SMILES string of the molecule is O=C(Nc1ccccc1)c1ccc(NC(=O)N2CCC[C@H]2c2ccsc2)cc1. The summed E-state index contributed by atoms with van der Waals surface area (Å²) in [5.74, 6) is -0.179. The van der Waals surface area contributed by atoms with E-state index >= 15 is 0 Å². The summed E-state index contributed by atoms with van der Waals surface area (Å²) < 4.78 is 0. The minimum Gasteiger partial charge on any atom is -0.322 e. The minimum atomic E-state index is -0.179. The van der Waals surface area contributed by atoms with Gasteiger partial charge in [0.2, 0.25) is 0 Å². The van der Waals surface area contributed by atoms with Crippen molar-refractivity contribution < 1.29 is 9.59 Å². The van der Waals surface area contributed by atoms with Gasteiger partial charge in [-0.05, 0) is 71.6 Å². The van der Waals surface area contributed by atoms with Crippen LogP contribution >= 0.6 is 11.3 Å². The molecule has 3 amide bonds. The topological polar surface area (TPSA) is 61.4 Å². The lowest BCUT2D eigenvalue weighted by Crippen LogP contribution is -2.34. The van der Waals surface area contributed by atoms with Crippen LogP contribution in [0, 0.1) is 0 Å². The van der Waals surface area contributed by atoms with Crippen LogP contribution in [0.4, 0.5) is 16.2 Å². The Morgan fingerprint density at radius 3 is 2.39 bits per heavy atom. The van der Waals surface area contributed by atoms with E-state index in [0.717, 1.165) is 25.1 Å². The third-order valence-corrected chi connectivity index (χ3v) is 5.57. The normalized spacial score (nSPS) is 16.0.